The van der Waals surface area contributed by atoms with Crippen LogP contribution in [0.3, 0.4) is 0 Å². The molecule has 1 saturated carbocycles. The van der Waals surface area contributed by atoms with Gasteiger partial charge in [-0.2, -0.15) is 0 Å². The fourth-order valence-corrected chi connectivity index (χ4v) is 2.52. The summed E-state index contributed by atoms with van der Waals surface area (Å²) in [5.74, 6) is 0.622. The lowest BCUT2D eigenvalue weighted by Gasteiger charge is -2.09. The maximum atomic E-state index is 11.6. The number of nitrogens with one attached hydrogen (secondary N) is 1. The van der Waals surface area contributed by atoms with E-state index in [9.17, 15) is 4.79 Å². The van der Waals surface area contributed by atoms with Crippen LogP contribution in [0, 0.1) is 0 Å². The molecular weight excluding hydrogens is 202 g/mol. The number of nitrogens with zero attached hydrogens (tertiary/aromatic N) is 2. The topological polar surface area (TPSA) is 58.6 Å². The second kappa shape index (κ2) is 3.70. The van der Waals surface area contributed by atoms with E-state index in [1.807, 2.05) is 12.1 Å². The molecule has 4 heteroatoms. The lowest BCUT2D eigenvalue weighted by Crippen LogP contribution is -2.10. The fourth-order valence-electron chi connectivity index (χ4n) is 2.52. The minimum Gasteiger partial charge on any atom is -0.267 e. The first-order chi connectivity index (χ1) is 7.84. The molecule has 3 rings (SSSR count). The van der Waals surface area contributed by atoms with Crippen molar-refractivity contribution < 1.29 is 0 Å². The van der Waals surface area contributed by atoms with E-state index >= 15 is 0 Å². The van der Waals surface area contributed by atoms with Gasteiger partial charge in [-0.3, -0.25) is 4.79 Å². The Labute approximate surface area is 92.7 Å². The van der Waals surface area contributed by atoms with Crippen LogP contribution in [0.4, 0.5) is 0 Å². The van der Waals surface area contributed by atoms with Crippen LogP contribution in [-0.4, -0.2) is 15.4 Å². The summed E-state index contributed by atoms with van der Waals surface area (Å²) in [5, 5.41) is 10.5. The lowest BCUT2D eigenvalue weighted by molar-refractivity contribution is 0.724. The van der Waals surface area contributed by atoms with Crippen LogP contribution in [0.25, 0.3) is 10.9 Å². The van der Waals surface area contributed by atoms with Crippen molar-refractivity contribution in [3.8, 4) is 0 Å². The zero-order valence-corrected chi connectivity index (χ0v) is 8.94. The highest BCUT2D eigenvalue weighted by atomic mass is 16.1. The quantitative estimate of drug-likeness (QED) is 0.791. The van der Waals surface area contributed by atoms with Crippen molar-refractivity contribution in [1.82, 2.24) is 15.4 Å². The maximum absolute atomic E-state index is 11.6. The minimum atomic E-state index is -0.148. The molecule has 0 atom stereocenters. The number of rotatable bonds is 1. The molecule has 0 bridgehead atoms. The van der Waals surface area contributed by atoms with Gasteiger partial charge in [0, 0.05) is 0 Å². The van der Waals surface area contributed by atoms with Gasteiger partial charge >= 0.3 is 0 Å². The number of fused-ring (bicyclic) bond motifs is 1. The molecule has 0 radical (unpaired) electrons. The number of H-pyrrole nitrogens is 1. The third kappa shape index (κ3) is 1.50. The first-order valence-corrected chi connectivity index (χ1v) is 5.69. The Bertz CT molecular complexity index is 570. The monoisotopic (exact) mass is 215 g/mol. The molecule has 82 valence electrons. The van der Waals surface area contributed by atoms with Gasteiger partial charge in [-0.25, -0.2) is 5.10 Å². The van der Waals surface area contributed by atoms with E-state index in [0.717, 1.165) is 0 Å². The number of aromatic nitrogens is 3. The minimum absolute atomic E-state index is 0.148. The third-order valence-electron chi connectivity index (χ3n) is 3.40. The molecule has 1 N–H and O–H groups in total. The van der Waals surface area contributed by atoms with Crippen LogP contribution in [-0.2, 0) is 0 Å². The average molecular weight is 215 g/mol. The van der Waals surface area contributed by atoms with Gasteiger partial charge in [0.1, 0.15) is 5.52 Å². The van der Waals surface area contributed by atoms with Gasteiger partial charge in [0.15, 0.2) is 0 Å². The summed E-state index contributed by atoms with van der Waals surface area (Å²) in [6.07, 6.45) is 5.07. The Kier molecular flexibility index (Phi) is 2.20. The van der Waals surface area contributed by atoms with Crippen molar-refractivity contribution in [2.75, 3.05) is 0 Å². The lowest BCUT2D eigenvalue weighted by atomic mass is 9.96. The molecule has 0 saturated heterocycles. The zero-order chi connectivity index (χ0) is 11.0. The largest absolute Gasteiger partial charge is 0.275 e. The first kappa shape index (κ1) is 9.51. The normalized spacial score (nSPS) is 17.0. The second-order valence-electron chi connectivity index (χ2n) is 4.40. The van der Waals surface area contributed by atoms with E-state index in [1.54, 1.807) is 0 Å². The standard InChI is InChI=1S/C12H13N3O/c16-12-10-7-9(8-3-1-2-4-8)5-6-11(10)13-15-14-12/h5-8H,1-4H2,(H,13,14,16). The smallest absolute Gasteiger partial charge is 0.267 e. The SMILES string of the molecule is O=c1[nH]nnc2ccc(C3CCCC3)cc12. The molecule has 1 aliphatic rings. The van der Waals surface area contributed by atoms with Gasteiger partial charge in [0.05, 0.1) is 5.39 Å². The molecule has 4 nitrogen and oxygen atoms in total. The molecule has 0 spiro atoms. The van der Waals surface area contributed by atoms with Gasteiger partial charge in [0.2, 0.25) is 0 Å². The van der Waals surface area contributed by atoms with Crippen LogP contribution in [0.5, 0.6) is 0 Å². The highest BCUT2D eigenvalue weighted by Crippen LogP contribution is 2.34. The predicted molar refractivity (Wildman–Crippen MR) is 61.4 cm³/mol. The average Bonchev–Trinajstić information content (AvgIpc) is 2.83. The van der Waals surface area contributed by atoms with Crippen LogP contribution >= 0.6 is 0 Å². The van der Waals surface area contributed by atoms with Crippen LogP contribution in [0.2, 0.25) is 0 Å². The summed E-state index contributed by atoms with van der Waals surface area (Å²) in [4.78, 5) is 11.6. The molecule has 1 aromatic heterocycles. The van der Waals surface area contributed by atoms with Crippen molar-refractivity contribution >= 4 is 10.9 Å². The molecule has 2 aromatic rings. The highest BCUT2D eigenvalue weighted by Gasteiger charge is 2.17. The third-order valence-corrected chi connectivity index (χ3v) is 3.40. The van der Waals surface area contributed by atoms with Crippen molar-refractivity contribution in [2.45, 2.75) is 31.6 Å². The van der Waals surface area contributed by atoms with Crippen molar-refractivity contribution in [3.05, 3.63) is 34.1 Å². The van der Waals surface area contributed by atoms with Gasteiger partial charge in [-0.1, -0.05) is 24.1 Å². The Morgan fingerprint density at radius 1 is 1.25 bits per heavy atom. The van der Waals surface area contributed by atoms with E-state index in [0.29, 0.717) is 16.8 Å². The molecule has 0 unspecified atom stereocenters. The molecule has 1 fully saturated rings. The van der Waals surface area contributed by atoms with Crippen LogP contribution < -0.4 is 5.56 Å². The summed E-state index contributed by atoms with van der Waals surface area (Å²) in [6, 6.07) is 5.94. The fraction of sp³-hybridized carbons (Fsp3) is 0.417. The highest BCUT2D eigenvalue weighted by molar-refractivity contribution is 5.77. The molecule has 1 heterocycles. The second-order valence-corrected chi connectivity index (χ2v) is 4.40. The zero-order valence-electron chi connectivity index (χ0n) is 8.94. The number of hydrogen-bond acceptors (Lipinski definition) is 3. The molecular formula is C12H13N3O. The summed E-state index contributed by atoms with van der Waals surface area (Å²) in [7, 11) is 0. The first-order valence-electron chi connectivity index (χ1n) is 5.69. The van der Waals surface area contributed by atoms with E-state index in [-0.39, 0.29) is 5.56 Å². The molecule has 0 aliphatic heterocycles. The number of hydrogen-bond donors (Lipinski definition) is 1. The Morgan fingerprint density at radius 3 is 2.88 bits per heavy atom. The Morgan fingerprint density at radius 2 is 2.06 bits per heavy atom. The van der Waals surface area contributed by atoms with Gasteiger partial charge in [0.25, 0.3) is 5.56 Å². The Hall–Kier alpha value is -1.71. The summed E-state index contributed by atoms with van der Waals surface area (Å²) in [5.41, 5.74) is 1.79. The van der Waals surface area contributed by atoms with Crippen LogP contribution in [0.15, 0.2) is 23.0 Å². The van der Waals surface area contributed by atoms with E-state index in [4.69, 9.17) is 0 Å². The molecule has 1 aliphatic carbocycles. The van der Waals surface area contributed by atoms with E-state index in [1.165, 1.54) is 31.2 Å². The van der Waals surface area contributed by atoms with Gasteiger partial charge in [-0.05, 0) is 36.5 Å². The Balaban J connectivity index is 2.14. The van der Waals surface area contributed by atoms with E-state index in [2.05, 4.69) is 21.5 Å². The summed E-state index contributed by atoms with van der Waals surface area (Å²) >= 11 is 0. The number of aromatic amines is 1. The number of benzene rings is 1. The summed E-state index contributed by atoms with van der Waals surface area (Å²) < 4.78 is 0. The molecule has 16 heavy (non-hydrogen) atoms. The molecule has 0 amide bonds. The van der Waals surface area contributed by atoms with Crippen molar-refractivity contribution in [3.63, 3.8) is 0 Å². The predicted octanol–water partition coefficient (Wildman–Crippen LogP) is 1.98. The molecule has 1 aromatic carbocycles. The van der Waals surface area contributed by atoms with Crippen LogP contribution in [0.1, 0.15) is 37.2 Å². The maximum Gasteiger partial charge on any atom is 0.275 e. The van der Waals surface area contributed by atoms with Gasteiger partial charge < -0.3 is 0 Å². The van der Waals surface area contributed by atoms with Crippen molar-refractivity contribution in [1.29, 1.82) is 0 Å². The van der Waals surface area contributed by atoms with Gasteiger partial charge in [-0.15, -0.1) is 5.10 Å². The van der Waals surface area contributed by atoms with E-state index < -0.39 is 0 Å². The summed E-state index contributed by atoms with van der Waals surface area (Å²) in [6.45, 7) is 0. The van der Waals surface area contributed by atoms with Crippen molar-refractivity contribution in [2.24, 2.45) is 0 Å².